The molecule has 1 rings (SSSR count). The summed E-state index contributed by atoms with van der Waals surface area (Å²) in [5.74, 6) is -1.78. The van der Waals surface area contributed by atoms with Crippen molar-refractivity contribution in [1.82, 2.24) is 10.3 Å². The number of hydrogen-bond donors (Lipinski definition) is 4. The number of nitrogens with zero attached hydrogens (tertiary/aromatic N) is 1. The van der Waals surface area contributed by atoms with Crippen molar-refractivity contribution in [2.75, 3.05) is 11.9 Å². The van der Waals surface area contributed by atoms with E-state index in [9.17, 15) is 14.4 Å². The number of primary amides is 1. The van der Waals surface area contributed by atoms with Crippen LogP contribution in [0.4, 0.5) is 5.13 Å². The topological polar surface area (TPSA) is 134 Å². The third-order valence-electron chi connectivity index (χ3n) is 1.80. The van der Waals surface area contributed by atoms with E-state index in [0.29, 0.717) is 5.13 Å². The second kappa shape index (κ2) is 6.07. The first kappa shape index (κ1) is 14.1. The summed E-state index contributed by atoms with van der Waals surface area (Å²) >= 11 is 1.09. The molecule has 18 heavy (non-hydrogen) atoms. The van der Waals surface area contributed by atoms with E-state index in [0.717, 1.165) is 11.3 Å². The van der Waals surface area contributed by atoms with Crippen molar-refractivity contribution in [2.45, 2.75) is 13.0 Å². The minimum atomic E-state index is -1.44. The molecule has 5 N–H and O–H groups in total. The van der Waals surface area contributed by atoms with Gasteiger partial charge in [0.05, 0.1) is 6.54 Å². The molecule has 1 aromatic heterocycles. The fourth-order valence-corrected chi connectivity index (χ4v) is 1.70. The summed E-state index contributed by atoms with van der Waals surface area (Å²) in [6.45, 7) is 1.03. The van der Waals surface area contributed by atoms with Crippen LogP contribution in [0.2, 0.25) is 0 Å². The Bertz CT molecular complexity index is 473. The van der Waals surface area contributed by atoms with Crippen molar-refractivity contribution in [3.8, 4) is 0 Å². The number of nitrogens with one attached hydrogen (secondary N) is 2. The van der Waals surface area contributed by atoms with Crippen molar-refractivity contribution in [3.05, 3.63) is 11.1 Å². The van der Waals surface area contributed by atoms with Crippen LogP contribution in [0, 0.1) is 0 Å². The predicted molar refractivity (Wildman–Crippen MR) is 64.0 cm³/mol. The van der Waals surface area contributed by atoms with Crippen LogP contribution in [0.3, 0.4) is 0 Å². The minimum absolute atomic E-state index is 0.0837. The van der Waals surface area contributed by atoms with Crippen LogP contribution in [0.5, 0.6) is 0 Å². The van der Waals surface area contributed by atoms with E-state index in [1.165, 1.54) is 12.3 Å². The Balaban J connectivity index is 2.54. The van der Waals surface area contributed by atoms with Gasteiger partial charge in [-0.1, -0.05) is 0 Å². The molecule has 0 spiro atoms. The van der Waals surface area contributed by atoms with Crippen LogP contribution in [-0.2, 0) is 9.59 Å². The number of thiazole rings is 1. The molecule has 8 nitrogen and oxygen atoms in total. The number of anilines is 1. The van der Waals surface area contributed by atoms with Gasteiger partial charge >= 0.3 is 0 Å². The quantitative estimate of drug-likeness (QED) is 0.527. The molecule has 1 atom stereocenters. The monoisotopic (exact) mass is 272 g/mol. The number of aliphatic hydroxyl groups is 1. The first-order chi connectivity index (χ1) is 8.40. The number of rotatable bonds is 5. The lowest BCUT2D eigenvalue weighted by Gasteiger charge is -2.06. The van der Waals surface area contributed by atoms with Gasteiger partial charge in [0.15, 0.2) is 5.13 Å². The lowest BCUT2D eigenvalue weighted by molar-refractivity contribution is -0.125. The number of aromatic nitrogens is 1. The normalized spacial score (nSPS) is 11.7. The van der Waals surface area contributed by atoms with Crippen molar-refractivity contribution in [2.24, 2.45) is 5.73 Å². The highest BCUT2D eigenvalue weighted by molar-refractivity contribution is 7.14. The zero-order valence-corrected chi connectivity index (χ0v) is 10.3. The predicted octanol–water partition coefficient (Wildman–Crippen LogP) is -1.32. The summed E-state index contributed by atoms with van der Waals surface area (Å²) in [6, 6.07) is 0. The minimum Gasteiger partial charge on any atom is -0.381 e. The number of carbonyl (C=O) groups is 3. The molecule has 1 aromatic rings. The smallest absolute Gasteiger partial charge is 0.270 e. The van der Waals surface area contributed by atoms with Crippen LogP contribution in [0.1, 0.15) is 17.4 Å². The Morgan fingerprint density at radius 1 is 1.56 bits per heavy atom. The maximum Gasteiger partial charge on any atom is 0.270 e. The number of amides is 3. The molecule has 0 saturated carbocycles. The lowest BCUT2D eigenvalue weighted by atomic mass is 10.3. The van der Waals surface area contributed by atoms with Gasteiger partial charge in [-0.2, -0.15) is 0 Å². The van der Waals surface area contributed by atoms with Crippen molar-refractivity contribution in [3.63, 3.8) is 0 Å². The van der Waals surface area contributed by atoms with E-state index in [-0.39, 0.29) is 18.1 Å². The fourth-order valence-electron chi connectivity index (χ4n) is 0.967. The van der Waals surface area contributed by atoms with E-state index in [2.05, 4.69) is 15.6 Å². The van der Waals surface area contributed by atoms with Crippen molar-refractivity contribution < 1.29 is 19.5 Å². The maximum absolute atomic E-state index is 11.5. The van der Waals surface area contributed by atoms with E-state index >= 15 is 0 Å². The van der Waals surface area contributed by atoms with Gasteiger partial charge in [-0.25, -0.2) is 4.98 Å². The zero-order valence-electron chi connectivity index (χ0n) is 9.47. The van der Waals surface area contributed by atoms with Gasteiger partial charge < -0.3 is 21.5 Å². The summed E-state index contributed by atoms with van der Waals surface area (Å²) in [5, 5.41) is 15.5. The Labute approximate surface area is 106 Å². The van der Waals surface area contributed by atoms with Gasteiger partial charge in [-0.05, 0) is 0 Å². The molecule has 0 aromatic carbocycles. The molecular weight excluding hydrogens is 260 g/mol. The van der Waals surface area contributed by atoms with Gasteiger partial charge in [0.25, 0.3) is 5.91 Å². The summed E-state index contributed by atoms with van der Waals surface area (Å²) < 4.78 is 0. The molecule has 0 aliphatic rings. The number of nitrogens with two attached hydrogens (primary N) is 1. The molecule has 3 amide bonds. The van der Waals surface area contributed by atoms with Crippen LogP contribution in [-0.4, -0.2) is 40.5 Å². The van der Waals surface area contributed by atoms with E-state index in [4.69, 9.17) is 10.8 Å². The summed E-state index contributed by atoms with van der Waals surface area (Å²) in [7, 11) is 0. The highest BCUT2D eigenvalue weighted by atomic mass is 32.1. The standard InChI is InChI=1S/C9H12N4O4S/c1-4(14)12-9-13-5(3-18-9)8(17)11-2-6(15)7(10)16/h3,6,15H,2H2,1H3,(H2,10,16)(H,11,17)(H,12,13,14). The fraction of sp³-hybridized carbons (Fsp3) is 0.333. The Morgan fingerprint density at radius 3 is 2.78 bits per heavy atom. The Hall–Kier alpha value is -2.00. The molecule has 0 aliphatic heterocycles. The lowest BCUT2D eigenvalue weighted by Crippen LogP contribution is -2.40. The summed E-state index contributed by atoms with van der Waals surface area (Å²) in [6.07, 6.45) is -1.44. The third-order valence-corrected chi connectivity index (χ3v) is 2.56. The molecule has 9 heteroatoms. The largest absolute Gasteiger partial charge is 0.381 e. The van der Waals surface area contributed by atoms with E-state index in [1.54, 1.807) is 0 Å². The first-order valence-electron chi connectivity index (χ1n) is 4.89. The molecule has 0 fully saturated rings. The van der Waals surface area contributed by atoms with Crippen LogP contribution in [0.25, 0.3) is 0 Å². The summed E-state index contributed by atoms with van der Waals surface area (Å²) in [5.41, 5.74) is 4.90. The average molecular weight is 272 g/mol. The number of hydrogen-bond acceptors (Lipinski definition) is 6. The van der Waals surface area contributed by atoms with E-state index in [1.807, 2.05) is 0 Å². The van der Waals surface area contributed by atoms with Gasteiger partial charge in [-0.3, -0.25) is 14.4 Å². The SMILES string of the molecule is CC(=O)Nc1nc(C(=O)NCC(O)C(N)=O)cs1. The molecule has 98 valence electrons. The van der Waals surface area contributed by atoms with Gasteiger partial charge in [0.2, 0.25) is 11.8 Å². The molecule has 1 heterocycles. The average Bonchev–Trinajstić information content (AvgIpc) is 2.72. The van der Waals surface area contributed by atoms with Crippen LogP contribution < -0.4 is 16.4 Å². The first-order valence-corrected chi connectivity index (χ1v) is 5.77. The van der Waals surface area contributed by atoms with Crippen LogP contribution >= 0.6 is 11.3 Å². The van der Waals surface area contributed by atoms with Crippen molar-refractivity contribution in [1.29, 1.82) is 0 Å². The van der Waals surface area contributed by atoms with E-state index < -0.39 is 17.9 Å². The molecule has 0 bridgehead atoms. The Kier molecular flexibility index (Phi) is 4.75. The number of aliphatic hydroxyl groups excluding tert-OH is 1. The van der Waals surface area contributed by atoms with Gasteiger partial charge in [-0.15, -0.1) is 11.3 Å². The number of carbonyl (C=O) groups excluding carboxylic acids is 3. The highest BCUT2D eigenvalue weighted by Gasteiger charge is 2.15. The summed E-state index contributed by atoms with van der Waals surface area (Å²) in [4.78, 5) is 36.7. The van der Waals surface area contributed by atoms with Crippen LogP contribution in [0.15, 0.2) is 5.38 Å². The molecule has 0 radical (unpaired) electrons. The second-order valence-corrected chi connectivity index (χ2v) is 4.21. The van der Waals surface area contributed by atoms with Gasteiger partial charge in [0, 0.05) is 12.3 Å². The maximum atomic E-state index is 11.5. The zero-order chi connectivity index (χ0) is 13.7. The second-order valence-electron chi connectivity index (χ2n) is 3.35. The highest BCUT2D eigenvalue weighted by Crippen LogP contribution is 2.14. The Morgan fingerprint density at radius 2 is 2.22 bits per heavy atom. The molecule has 1 unspecified atom stereocenters. The molecule has 0 saturated heterocycles. The van der Waals surface area contributed by atoms with Gasteiger partial charge in [0.1, 0.15) is 11.8 Å². The molecular formula is C9H12N4O4S. The molecule has 0 aliphatic carbocycles. The van der Waals surface area contributed by atoms with Crippen molar-refractivity contribution >= 4 is 34.2 Å². The third kappa shape index (κ3) is 4.11.